The van der Waals surface area contributed by atoms with E-state index in [1.54, 1.807) is 11.0 Å². The molecule has 2 aliphatic rings. The maximum absolute atomic E-state index is 4.31. The smallest absolute Gasteiger partial charge is 0.151 e. The summed E-state index contributed by atoms with van der Waals surface area (Å²) in [5, 5.41) is 8.01. The summed E-state index contributed by atoms with van der Waals surface area (Å²) in [5.41, 5.74) is 0. The van der Waals surface area contributed by atoms with Gasteiger partial charge >= 0.3 is 0 Å². The number of rotatable bonds is 5. The SMILES string of the molecule is Cn1cnc(CCNC2CCCC(C3CC3)C2)n1. The largest absolute Gasteiger partial charge is 0.314 e. The third-order valence-electron chi connectivity index (χ3n) is 4.43. The average molecular weight is 248 g/mol. The Bertz CT molecular complexity index is 383. The molecule has 18 heavy (non-hydrogen) atoms. The number of aryl methyl sites for hydroxylation is 1. The van der Waals surface area contributed by atoms with Crippen molar-refractivity contribution in [2.24, 2.45) is 18.9 Å². The van der Waals surface area contributed by atoms with E-state index < -0.39 is 0 Å². The van der Waals surface area contributed by atoms with Crippen LogP contribution in [-0.4, -0.2) is 27.4 Å². The molecule has 1 aromatic rings. The van der Waals surface area contributed by atoms with E-state index in [2.05, 4.69) is 15.4 Å². The molecule has 0 radical (unpaired) electrons. The topological polar surface area (TPSA) is 42.7 Å². The predicted octanol–water partition coefficient (Wildman–Crippen LogP) is 1.92. The first kappa shape index (κ1) is 12.2. The lowest BCUT2D eigenvalue weighted by atomic mass is 9.83. The maximum Gasteiger partial charge on any atom is 0.151 e. The molecule has 100 valence electrons. The van der Waals surface area contributed by atoms with Crippen molar-refractivity contribution in [2.75, 3.05) is 6.54 Å². The first-order chi connectivity index (χ1) is 8.81. The van der Waals surface area contributed by atoms with E-state index in [9.17, 15) is 0 Å². The van der Waals surface area contributed by atoms with Gasteiger partial charge in [-0.25, -0.2) is 4.98 Å². The fourth-order valence-corrected chi connectivity index (χ4v) is 3.30. The van der Waals surface area contributed by atoms with Gasteiger partial charge in [0.1, 0.15) is 6.33 Å². The van der Waals surface area contributed by atoms with Crippen molar-refractivity contribution in [1.82, 2.24) is 20.1 Å². The Morgan fingerprint density at radius 1 is 1.28 bits per heavy atom. The number of aromatic nitrogens is 3. The Labute approximate surface area is 109 Å². The van der Waals surface area contributed by atoms with Crippen molar-refractivity contribution in [3.63, 3.8) is 0 Å². The lowest BCUT2D eigenvalue weighted by molar-refractivity contribution is 0.262. The van der Waals surface area contributed by atoms with Gasteiger partial charge in [0, 0.05) is 26.1 Å². The quantitative estimate of drug-likeness (QED) is 0.865. The highest BCUT2D eigenvalue weighted by atomic mass is 15.3. The molecule has 3 rings (SSSR count). The van der Waals surface area contributed by atoms with Gasteiger partial charge in [-0.05, 0) is 37.5 Å². The monoisotopic (exact) mass is 248 g/mol. The fourth-order valence-electron chi connectivity index (χ4n) is 3.30. The van der Waals surface area contributed by atoms with Crippen LogP contribution in [0.25, 0.3) is 0 Å². The summed E-state index contributed by atoms with van der Waals surface area (Å²) >= 11 is 0. The third-order valence-corrected chi connectivity index (χ3v) is 4.43. The highest BCUT2D eigenvalue weighted by Crippen LogP contribution is 2.43. The molecule has 0 aromatic carbocycles. The molecule has 0 spiro atoms. The highest BCUT2D eigenvalue weighted by molar-refractivity contribution is 4.89. The molecule has 1 N–H and O–H groups in total. The molecule has 0 saturated heterocycles. The van der Waals surface area contributed by atoms with Gasteiger partial charge in [-0.1, -0.05) is 12.8 Å². The standard InChI is InChI=1S/C14H24N4/c1-18-10-16-14(17-18)7-8-15-13-4-2-3-12(9-13)11-5-6-11/h10-13,15H,2-9H2,1H3. The van der Waals surface area contributed by atoms with E-state index in [0.717, 1.165) is 36.7 Å². The molecule has 2 atom stereocenters. The van der Waals surface area contributed by atoms with Crippen LogP contribution in [0, 0.1) is 11.8 Å². The molecule has 1 heterocycles. The Hall–Kier alpha value is -0.900. The second-order valence-electron chi connectivity index (χ2n) is 6.00. The van der Waals surface area contributed by atoms with E-state index in [0.29, 0.717) is 0 Å². The van der Waals surface area contributed by atoms with Crippen molar-refractivity contribution in [2.45, 2.75) is 51.0 Å². The van der Waals surface area contributed by atoms with Crippen molar-refractivity contribution in [1.29, 1.82) is 0 Å². The Morgan fingerprint density at radius 3 is 2.89 bits per heavy atom. The number of nitrogens with one attached hydrogen (secondary N) is 1. The normalized spacial score (nSPS) is 28.5. The molecule has 4 nitrogen and oxygen atoms in total. The zero-order valence-electron chi connectivity index (χ0n) is 11.3. The van der Waals surface area contributed by atoms with Crippen LogP contribution in [0.4, 0.5) is 0 Å². The van der Waals surface area contributed by atoms with Crippen molar-refractivity contribution in [3.05, 3.63) is 12.2 Å². The van der Waals surface area contributed by atoms with Gasteiger partial charge in [0.05, 0.1) is 0 Å². The van der Waals surface area contributed by atoms with E-state index in [4.69, 9.17) is 0 Å². The molecular formula is C14H24N4. The summed E-state index contributed by atoms with van der Waals surface area (Å²) in [7, 11) is 1.92. The minimum Gasteiger partial charge on any atom is -0.314 e. The molecule has 2 unspecified atom stereocenters. The van der Waals surface area contributed by atoms with Crippen LogP contribution >= 0.6 is 0 Å². The van der Waals surface area contributed by atoms with Crippen molar-refractivity contribution >= 4 is 0 Å². The third kappa shape index (κ3) is 3.10. The van der Waals surface area contributed by atoms with E-state index >= 15 is 0 Å². The van der Waals surface area contributed by atoms with Gasteiger partial charge in [-0.2, -0.15) is 5.10 Å². The van der Waals surface area contributed by atoms with Crippen molar-refractivity contribution < 1.29 is 0 Å². The second kappa shape index (κ2) is 5.39. The molecule has 4 heteroatoms. The van der Waals surface area contributed by atoms with Crippen LogP contribution in [0.2, 0.25) is 0 Å². The van der Waals surface area contributed by atoms with Crippen LogP contribution in [0.1, 0.15) is 44.3 Å². The number of hydrogen-bond donors (Lipinski definition) is 1. The molecule has 1 aromatic heterocycles. The zero-order chi connectivity index (χ0) is 12.4. The second-order valence-corrected chi connectivity index (χ2v) is 6.00. The van der Waals surface area contributed by atoms with Crippen LogP contribution in [0.5, 0.6) is 0 Å². The van der Waals surface area contributed by atoms with Crippen LogP contribution < -0.4 is 5.32 Å². The average Bonchev–Trinajstić information content (AvgIpc) is 3.14. The lowest BCUT2D eigenvalue weighted by Crippen LogP contribution is -2.36. The van der Waals surface area contributed by atoms with Crippen LogP contribution in [-0.2, 0) is 13.5 Å². The summed E-state index contributed by atoms with van der Waals surface area (Å²) < 4.78 is 1.78. The molecule has 0 amide bonds. The molecule has 2 aliphatic carbocycles. The van der Waals surface area contributed by atoms with Gasteiger partial charge in [-0.3, -0.25) is 4.68 Å². The van der Waals surface area contributed by atoms with Gasteiger partial charge in [0.25, 0.3) is 0 Å². The summed E-state index contributed by atoms with van der Waals surface area (Å²) in [5.74, 6) is 3.05. The Kier molecular flexibility index (Phi) is 3.64. The first-order valence-electron chi connectivity index (χ1n) is 7.39. The van der Waals surface area contributed by atoms with E-state index in [1.807, 2.05) is 7.05 Å². The van der Waals surface area contributed by atoms with Gasteiger partial charge in [-0.15, -0.1) is 0 Å². The molecule has 2 fully saturated rings. The highest BCUT2D eigenvalue weighted by Gasteiger charge is 2.34. The predicted molar refractivity (Wildman–Crippen MR) is 71.2 cm³/mol. The molecule has 0 aliphatic heterocycles. The minimum atomic E-state index is 0.744. The minimum absolute atomic E-state index is 0.744. The maximum atomic E-state index is 4.31. The van der Waals surface area contributed by atoms with E-state index in [-0.39, 0.29) is 0 Å². The summed E-state index contributed by atoms with van der Waals surface area (Å²) in [6.07, 6.45) is 11.4. The van der Waals surface area contributed by atoms with Gasteiger partial charge < -0.3 is 5.32 Å². The molecular weight excluding hydrogens is 224 g/mol. The Morgan fingerprint density at radius 2 is 2.17 bits per heavy atom. The summed E-state index contributed by atoms with van der Waals surface area (Å²) in [6.45, 7) is 1.02. The molecule has 2 saturated carbocycles. The Balaban J connectivity index is 1.39. The fraction of sp³-hybridized carbons (Fsp3) is 0.857. The van der Waals surface area contributed by atoms with Crippen molar-refractivity contribution in [3.8, 4) is 0 Å². The molecule has 0 bridgehead atoms. The number of hydrogen-bond acceptors (Lipinski definition) is 3. The zero-order valence-corrected chi connectivity index (χ0v) is 11.3. The first-order valence-corrected chi connectivity index (χ1v) is 7.39. The summed E-state index contributed by atoms with van der Waals surface area (Å²) in [6, 6.07) is 0.744. The number of nitrogens with zero attached hydrogens (tertiary/aromatic N) is 3. The van der Waals surface area contributed by atoms with Gasteiger partial charge in [0.15, 0.2) is 5.82 Å². The lowest BCUT2D eigenvalue weighted by Gasteiger charge is -2.29. The van der Waals surface area contributed by atoms with Crippen LogP contribution in [0.3, 0.4) is 0 Å². The summed E-state index contributed by atoms with van der Waals surface area (Å²) in [4.78, 5) is 4.26. The van der Waals surface area contributed by atoms with Gasteiger partial charge in [0.2, 0.25) is 0 Å². The van der Waals surface area contributed by atoms with Crippen LogP contribution in [0.15, 0.2) is 6.33 Å². The van der Waals surface area contributed by atoms with E-state index in [1.165, 1.54) is 38.5 Å².